The Morgan fingerprint density at radius 1 is 1.62 bits per heavy atom. The number of nitrogens with two attached hydrogens (primary N) is 1. The highest BCUT2D eigenvalue weighted by Crippen LogP contribution is 2.17. The van der Waals surface area contributed by atoms with E-state index in [1.54, 1.807) is 19.1 Å². The fourth-order valence-corrected chi connectivity index (χ4v) is 1.04. The van der Waals surface area contributed by atoms with Crippen LogP contribution in [0.4, 0.5) is 4.39 Å². The number of aliphatic carboxylic acids is 1. The van der Waals surface area contributed by atoms with E-state index >= 15 is 0 Å². The molecular weight excluding hydrogens is 173 g/mol. The van der Waals surface area contributed by atoms with Crippen LogP contribution in [0.15, 0.2) is 18.2 Å². The second-order valence-corrected chi connectivity index (χ2v) is 2.79. The Bertz CT molecular complexity index is 338. The van der Waals surface area contributed by atoms with Gasteiger partial charge in [-0.05, 0) is 12.5 Å². The van der Waals surface area contributed by atoms with Gasteiger partial charge in [-0.2, -0.15) is 0 Å². The van der Waals surface area contributed by atoms with Gasteiger partial charge in [-0.25, -0.2) is 4.39 Å². The van der Waals surface area contributed by atoms with E-state index in [-0.39, 0.29) is 5.56 Å². The van der Waals surface area contributed by atoms with E-state index in [2.05, 4.69) is 0 Å². The van der Waals surface area contributed by atoms with Gasteiger partial charge in [-0.3, -0.25) is 4.79 Å². The fraction of sp³-hybridized carbons (Fsp3) is 0.222. The van der Waals surface area contributed by atoms with Gasteiger partial charge in [-0.1, -0.05) is 18.2 Å². The van der Waals surface area contributed by atoms with Gasteiger partial charge in [-0.15, -0.1) is 0 Å². The van der Waals surface area contributed by atoms with Gasteiger partial charge in [0.1, 0.15) is 11.9 Å². The van der Waals surface area contributed by atoms with Gasteiger partial charge in [0.2, 0.25) is 0 Å². The van der Waals surface area contributed by atoms with Gasteiger partial charge in [0, 0.05) is 5.56 Å². The highest BCUT2D eigenvalue weighted by Gasteiger charge is 2.18. The molecule has 0 saturated heterocycles. The molecule has 1 aromatic carbocycles. The van der Waals surface area contributed by atoms with E-state index in [9.17, 15) is 9.18 Å². The van der Waals surface area contributed by atoms with E-state index in [4.69, 9.17) is 10.8 Å². The summed E-state index contributed by atoms with van der Waals surface area (Å²) < 4.78 is 13.3. The monoisotopic (exact) mass is 183 g/mol. The van der Waals surface area contributed by atoms with Crippen LogP contribution in [0.3, 0.4) is 0 Å². The van der Waals surface area contributed by atoms with Crippen LogP contribution in [0.25, 0.3) is 0 Å². The number of aryl methyl sites for hydroxylation is 1. The van der Waals surface area contributed by atoms with E-state index in [0.717, 1.165) is 0 Å². The van der Waals surface area contributed by atoms with Crippen molar-refractivity contribution in [1.82, 2.24) is 0 Å². The highest BCUT2D eigenvalue weighted by atomic mass is 19.1. The third-order valence-electron chi connectivity index (χ3n) is 1.82. The third-order valence-corrected chi connectivity index (χ3v) is 1.82. The number of carboxylic acids is 1. The molecule has 1 aromatic rings. The fourth-order valence-electron chi connectivity index (χ4n) is 1.04. The Balaban J connectivity index is 3.15. The maximum atomic E-state index is 13.3. The lowest BCUT2D eigenvalue weighted by atomic mass is 10.0. The summed E-state index contributed by atoms with van der Waals surface area (Å²) in [6.45, 7) is 1.56. The van der Waals surface area contributed by atoms with Crippen molar-refractivity contribution in [1.29, 1.82) is 0 Å². The molecule has 0 aliphatic heterocycles. The maximum absolute atomic E-state index is 13.3. The first kappa shape index (κ1) is 9.67. The van der Waals surface area contributed by atoms with E-state index < -0.39 is 17.8 Å². The number of hydrogen-bond acceptors (Lipinski definition) is 2. The zero-order valence-electron chi connectivity index (χ0n) is 7.12. The minimum absolute atomic E-state index is 0.0208. The van der Waals surface area contributed by atoms with Crippen molar-refractivity contribution in [2.75, 3.05) is 0 Å². The van der Waals surface area contributed by atoms with Crippen LogP contribution in [0.5, 0.6) is 0 Å². The van der Waals surface area contributed by atoms with Crippen molar-refractivity contribution < 1.29 is 14.3 Å². The van der Waals surface area contributed by atoms with Gasteiger partial charge in [0.05, 0.1) is 0 Å². The molecule has 0 saturated carbocycles. The maximum Gasteiger partial charge on any atom is 0.325 e. The van der Waals surface area contributed by atoms with E-state index in [1.807, 2.05) is 0 Å². The molecule has 0 amide bonds. The normalized spacial score (nSPS) is 12.5. The van der Waals surface area contributed by atoms with E-state index in [1.165, 1.54) is 6.07 Å². The molecule has 3 nitrogen and oxygen atoms in total. The summed E-state index contributed by atoms with van der Waals surface area (Å²) in [4.78, 5) is 10.5. The van der Waals surface area contributed by atoms with Gasteiger partial charge in [0.25, 0.3) is 0 Å². The summed E-state index contributed by atoms with van der Waals surface area (Å²) in [7, 11) is 0. The minimum Gasteiger partial charge on any atom is -0.480 e. The molecule has 3 N–H and O–H groups in total. The van der Waals surface area contributed by atoms with Crippen LogP contribution in [-0.2, 0) is 4.79 Å². The van der Waals surface area contributed by atoms with Crippen molar-refractivity contribution in [3.05, 3.63) is 35.1 Å². The number of hydrogen-bond donors (Lipinski definition) is 2. The number of halogens is 1. The summed E-state index contributed by atoms with van der Waals surface area (Å²) in [6, 6.07) is 3.23. The van der Waals surface area contributed by atoms with Crippen LogP contribution in [0.2, 0.25) is 0 Å². The standard InChI is InChI=1S/C9H10FNO2/c1-5-3-2-4-6(7(5)10)8(11)9(12)13/h2-4,8H,11H2,1H3,(H,12,13). The van der Waals surface area contributed by atoms with Crippen LogP contribution in [-0.4, -0.2) is 11.1 Å². The molecule has 13 heavy (non-hydrogen) atoms. The highest BCUT2D eigenvalue weighted by molar-refractivity contribution is 5.75. The molecule has 0 fully saturated rings. The molecule has 1 unspecified atom stereocenters. The molecule has 0 radical (unpaired) electrons. The molecule has 0 aromatic heterocycles. The Morgan fingerprint density at radius 3 is 2.77 bits per heavy atom. The first-order valence-corrected chi connectivity index (χ1v) is 3.77. The molecule has 0 aliphatic rings. The SMILES string of the molecule is Cc1cccc(C(N)C(=O)O)c1F. The van der Waals surface area contributed by atoms with Crippen molar-refractivity contribution in [2.45, 2.75) is 13.0 Å². The molecule has 1 atom stereocenters. The summed E-state index contributed by atoms with van der Waals surface area (Å²) in [5, 5.41) is 8.56. The minimum atomic E-state index is -1.29. The Labute approximate surface area is 75.0 Å². The molecule has 0 heterocycles. The predicted molar refractivity (Wildman–Crippen MR) is 45.7 cm³/mol. The smallest absolute Gasteiger partial charge is 0.325 e. The zero-order chi connectivity index (χ0) is 10.0. The molecule has 70 valence electrons. The molecule has 4 heteroatoms. The molecule has 0 spiro atoms. The lowest BCUT2D eigenvalue weighted by molar-refractivity contribution is -0.138. The molecule has 1 rings (SSSR count). The van der Waals surface area contributed by atoms with Crippen LogP contribution in [0, 0.1) is 12.7 Å². The largest absolute Gasteiger partial charge is 0.480 e. The van der Waals surface area contributed by atoms with Crippen molar-refractivity contribution in [2.24, 2.45) is 5.73 Å². The number of carboxylic acid groups (broad SMARTS) is 1. The summed E-state index contributed by atoms with van der Waals surface area (Å²) in [5.41, 5.74) is 5.69. The van der Waals surface area contributed by atoms with Gasteiger partial charge < -0.3 is 10.8 Å². The quantitative estimate of drug-likeness (QED) is 0.724. The average molecular weight is 183 g/mol. The zero-order valence-corrected chi connectivity index (χ0v) is 7.12. The van der Waals surface area contributed by atoms with Gasteiger partial charge in [0.15, 0.2) is 0 Å². The Hall–Kier alpha value is -1.42. The first-order chi connectivity index (χ1) is 6.04. The third kappa shape index (κ3) is 1.84. The van der Waals surface area contributed by atoms with Crippen molar-refractivity contribution in [3.8, 4) is 0 Å². The average Bonchev–Trinajstić information content (AvgIpc) is 2.08. The molecular formula is C9H10FNO2. The first-order valence-electron chi connectivity index (χ1n) is 3.77. The van der Waals surface area contributed by atoms with Crippen LogP contribution in [0.1, 0.15) is 17.2 Å². The lowest BCUT2D eigenvalue weighted by Gasteiger charge is -2.08. The molecule has 0 bridgehead atoms. The molecule has 0 aliphatic carbocycles. The summed E-state index contributed by atoms with van der Waals surface area (Å²) in [6.07, 6.45) is 0. The number of benzene rings is 1. The summed E-state index contributed by atoms with van der Waals surface area (Å²) >= 11 is 0. The van der Waals surface area contributed by atoms with E-state index in [0.29, 0.717) is 5.56 Å². The predicted octanol–water partition coefficient (Wildman–Crippen LogP) is 1.22. The number of rotatable bonds is 2. The van der Waals surface area contributed by atoms with Crippen LogP contribution >= 0.6 is 0 Å². The second-order valence-electron chi connectivity index (χ2n) is 2.79. The topological polar surface area (TPSA) is 63.3 Å². The van der Waals surface area contributed by atoms with Gasteiger partial charge >= 0.3 is 5.97 Å². The summed E-state index contributed by atoms with van der Waals surface area (Å²) in [5.74, 6) is -1.78. The second kappa shape index (κ2) is 3.53. The number of carbonyl (C=O) groups is 1. The Morgan fingerprint density at radius 2 is 2.23 bits per heavy atom. The van der Waals surface area contributed by atoms with Crippen LogP contribution < -0.4 is 5.73 Å². The van der Waals surface area contributed by atoms with Crippen molar-refractivity contribution in [3.63, 3.8) is 0 Å². The Kier molecular flexibility index (Phi) is 2.63. The lowest BCUT2D eigenvalue weighted by Crippen LogP contribution is -2.22. The van der Waals surface area contributed by atoms with Crippen molar-refractivity contribution >= 4 is 5.97 Å².